The summed E-state index contributed by atoms with van der Waals surface area (Å²) < 4.78 is 22.1. The Labute approximate surface area is 86.7 Å². The third kappa shape index (κ3) is 2.31. The first-order chi connectivity index (χ1) is 6.32. The second-order valence-corrected chi connectivity index (χ2v) is 4.67. The van der Waals surface area contributed by atoms with Gasteiger partial charge >= 0.3 is 0 Å². The van der Waals surface area contributed by atoms with E-state index < -0.39 is 15.3 Å². The summed E-state index contributed by atoms with van der Waals surface area (Å²) in [5.74, 6) is 0. The molecule has 0 heterocycles. The zero-order chi connectivity index (χ0) is 10.9. The van der Waals surface area contributed by atoms with E-state index in [9.17, 15) is 13.2 Å². The molecule has 1 aromatic rings. The Balaban J connectivity index is 3.44. The molecule has 4 nitrogen and oxygen atoms in total. The lowest BCUT2D eigenvalue weighted by molar-refractivity contribution is 0.108. The van der Waals surface area contributed by atoms with Crippen LogP contribution in [0.3, 0.4) is 0 Å². The van der Waals surface area contributed by atoms with E-state index in [4.69, 9.17) is 16.7 Å². The van der Waals surface area contributed by atoms with Gasteiger partial charge in [-0.3, -0.25) is 4.79 Å². The predicted octanol–water partition coefficient (Wildman–Crippen LogP) is 1.02. The van der Waals surface area contributed by atoms with Gasteiger partial charge in [0.2, 0.25) is 10.0 Å². The van der Waals surface area contributed by atoms with Gasteiger partial charge in [0.1, 0.15) is 0 Å². The maximum atomic E-state index is 11.1. The average Bonchev–Trinajstić information content (AvgIpc) is 2.02. The molecule has 14 heavy (non-hydrogen) atoms. The largest absolute Gasteiger partial charge is 0.276 e. The third-order valence-electron chi connectivity index (χ3n) is 1.72. The molecule has 0 aliphatic heterocycles. The van der Waals surface area contributed by atoms with Gasteiger partial charge < -0.3 is 0 Å². The summed E-state index contributed by atoms with van der Waals surface area (Å²) in [6.45, 7) is 1.59. The van der Waals surface area contributed by atoms with Crippen LogP contribution in [0.25, 0.3) is 0 Å². The molecule has 0 aromatic heterocycles. The van der Waals surface area contributed by atoms with Crippen molar-refractivity contribution < 1.29 is 13.2 Å². The summed E-state index contributed by atoms with van der Waals surface area (Å²) >= 11 is 5.20. The van der Waals surface area contributed by atoms with E-state index in [1.807, 2.05) is 0 Å². The predicted molar refractivity (Wildman–Crippen MR) is 52.7 cm³/mol. The van der Waals surface area contributed by atoms with Gasteiger partial charge in [-0.15, -0.1) is 0 Å². The number of nitrogens with two attached hydrogens (primary N) is 1. The normalized spacial score (nSPS) is 11.4. The Morgan fingerprint density at radius 3 is 2.43 bits per heavy atom. The summed E-state index contributed by atoms with van der Waals surface area (Å²) in [6.07, 6.45) is 0. The fourth-order valence-electron chi connectivity index (χ4n) is 1.03. The number of carbonyl (C=O) groups is 1. The number of halogens is 1. The van der Waals surface area contributed by atoms with Gasteiger partial charge in [-0.2, -0.15) is 0 Å². The van der Waals surface area contributed by atoms with Gasteiger partial charge in [0.15, 0.2) is 0 Å². The highest BCUT2D eigenvalue weighted by Crippen LogP contribution is 2.16. The summed E-state index contributed by atoms with van der Waals surface area (Å²) in [4.78, 5) is 10.7. The van der Waals surface area contributed by atoms with Crippen LogP contribution in [-0.4, -0.2) is 13.7 Å². The zero-order valence-electron chi connectivity index (χ0n) is 7.32. The second kappa shape index (κ2) is 3.68. The average molecular weight is 234 g/mol. The molecule has 2 N–H and O–H groups in total. The van der Waals surface area contributed by atoms with Crippen LogP contribution in [0.1, 0.15) is 15.9 Å². The van der Waals surface area contributed by atoms with Crippen LogP contribution in [0, 0.1) is 6.92 Å². The molecule has 1 aromatic carbocycles. The first-order valence-corrected chi connectivity index (χ1v) is 5.58. The van der Waals surface area contributed by atoms with Crippen molar-refractivity contribution in [3.05, 3.63) is 29.3 Å². The number of benzene rings is 1. The zero-order valence-corrected chi connectivity index (χ0v) is 8.89. The molecule has 0 amide bonds. The highest BCUT2D eigenvalue weighted by atomic mass is 35.5. The van der Waals surface area contributed by atoms with E-state index in [0.29, 0.717) is 5.56 Å². The summed E-state index contributed by atoms with van der Waals surface area (Å²) in [7, 11) is -3.80. The van der Waals surface area contributed by atoms with Crippen molar-refractivity contribution in [2.24, 2.45) is 5.14 Å². The number of rotatable bonds is 2. The van der Waals surface area contributed by atoms with Gasteiger partial charge in [-0.25, -0.2) is 13.6 Å². The van der Waals surface area contributed by atoms with E-state index in [1.165, 1.54) is 18.2 Å². The number of primary sulfonamides is 1. The number of hydrogen-bond acceptors (Lipinski definition) is 3. The van der Waals surface area contributed by atoms with Gasteiger partial charge in [-0.05, 0) is 36.2 Å². The van der Waals surface area contributed by atoms with Crippen molar-refractivity contribution in [3.8, 4) is 0 Å². The number of sulfonamides is 1. The van der Waals surface area contributed by atoms with E-state index >= 15 is 0 Å². The van der Waals surface area contributed by atoms with Crippen LogP contribution in [0.4, 0.5) is 0 Å². The molecule has 6 heteroatoms. The monoisotopic (exact) mass is 233 g/mol. The number of carbonyl (C=O) groups excluding carboxylic acids is 1. The molecule has 0 radical (unpaired) electrons. The smallest absolute Gasteiger partial charge is 0.252 e. The van der Waals surface area contributed by atoms with Crippen LogP contribution >= 0.6 is 11.6 Å². The van der Waals surface area contributed by atoms with E-state index in [2.05, 4.69) is 0 Å². The number of aryl methyl sites for hydroxylation is 1. The third-order valence-corrected chi connectivity index (χ3v) is 2.99. The van der Waals surface area contributed by atoms with Gasteiger partial charge in [0.05, 0.1) is 4.90 Å². The summed E-state index contributed by atoms with van der Waals surface area (Å²) in [6, 6.07) is 4.09. The van der Waals surface area contributed by atoms with Crippen LogP contribution in [0.5, 0.6) is 0 Å². The van der Waals surface area contributed by atoms with Gasteiger partial charge in [0.25, 0.3) is 5.24 Å². The van der Waals surface area contributed by atoms with E-state index in [-0.39, 0.29) is 10.5 Å². The van der Waals surface area contributed by atoms with Gasteiger partial charge in [0, 0.05) is 5.56 Å². The standard InChI is InChI=1S/C8H8ClNO3S/c1-5-2-3-6(8(9)11)4-7(5)14(10,12)13/h2-4H,1H3,(H2,10,12,13). The molecule has 0 saturated heterocycles. The fourth-order valence-corrected chi connectivity index (χ4v) is 1.95. The highest BCUT2D eigenvalue weighted by molar-refractivity contribution is 7.89. The molecular formula is C8H8ClNO3S. The molecule has 0 spiro atoms. The molecule has 0 aliphatic carbocycles. The first-order valence-electron chi connectivity index (χ1n) is 3.65. The quantitative estimate of drug-likeness (QED) is 0.775. The lowest BCUT2D eigenvalue weighted by Crippen LogP contribution is -2.14. The Bertz CT molecular complexity index is 481. The SMILES string of the molecule is Cc1ccc(C(=O)Cl)cc1S(N)(=O)=O. The molecule has 76 valence electrons. The van der Waals surface area contributed by atoms with Crippen molar-refractivity contribution in [1.29, 1.82) is 0 Å². The van der Waals surface area contributed by atoms with Crippen molar-refractivity contribution in [3.63, 3.8) is 0 Å². The van der Waals surface area contributed by atoms with Crippen LogP contribution in [-0.2, 0) is 10.0 Å². The van der Waals surface area contributed by atoms with Gasteiger partial charge in [-0.1, -0.05) is 6.07 Å². The molecule has 1 rings (SSSR count). The molecule has 0 bridgehead atoms. The summed E-state index contributed by atoms with van der Waals surface area (Å²) in [5, 5.41) is 4.23. The van der Waals surface area contributed by atoms with E-state index in [0.717, 1.165) is 0 Å². The molecule has 0 saturated carbocycles. The minimum Gasteiger partial charge on any atom is -0.276 e. The lowest BCUT2D eigenvalue weighted by Gasteiger charge is -2.03. The molecule has 0 unspecified atom stereocenters. The molecule has 0 atom stereocenters. The van der Waals surface area contributed by atoms with Crippen molar-refractivity contribution in [1.82, 2.24) is 0 Å². The molecule has 0 fully saturated rings. The van der Waals surface area contributed by atoms with E-state index in [1.54, 1.807) is 6.92 Å². The minimum atomic E-state index is -3.80. The number of hydrogen-bond donors (Lipinski definition) is 1. The summed E-state index contributed by atoms with van der Waals surface area (Å²) in [5.41, 5.74) is 0.593. The van der Waals surface area contributed by atoms with Crippen LogP contribution in [0.2, 0.25) is 0 Å². The first kappa shape index (κ1) is 11.2. The molecular weight excluding hydrogens is 226 g/mol. The lowest BCUT2D eigenvalue weighted by atomic mass is 10.2. The topological polar surface area (TPSA) is 77.2 Å². The Kier molecular flexibility index (Phi) is 2.94. The fraction of sp³-hybridized carbons (Fsp3) is 0.125. The highest BCUT2D eigenvalue weighted by Gasteiger charge is 2.13. The van der Waals surface area contributed by atoms with Crippen molar-refractivity contribution >= 4 is 26.9 Å². The second-order valence-electron chi connectivity index (χ2n) is 2.80. The van der Waals surface area contributed by atoms with Crippen molar-refractivity contribution in [2.45, 2.75) is 11.8 Å². The maximum Gasteiger partial charge on any atom is 0.252 e. The Morgan fingerprint density at radius 2 is 2.00 bits per heavy atom. The van der Waals surface area contributed by atoms with Crippen LogP contribution in [0.15, 0.2) is 23.1 Å². The minimum absolute atomic E-state index is 0.0796. The van der Waals surface area contributed by atoms with Crippen LogP contribution < -0.4 is 5.14 Å². The van der Waals surface area contributed by atoms with Crippen molar-refractivity contribution in [2.75, 3.05) is 0 Å². The maximum absolute atomic E-state index is 11.1. The molecule has 0 aliphatic rings. The Morgan fingerprint density at radius 1 is 1.43 bits per heavy atom. The Hall–Kier alpha value is -0.910.